The molecule has 0 aliphatic carbocycles. The van der Waals surface area contributed by atoms with Gasteiger partial charge in [0.1, 0.15) is 5.75 Å². The van der Waals surface area contributed by atoms with E-state index < -0.39 is 0 Å². The number of nitrogen functional groups attached to an aromatic ring is 1. The summed E-state index contributed by atoms with van der Waals surface area (Å²) >= 11 is 0. The average Bonchev–Trinajstić information content (AvgIpc) is 2.31. The normalized spacial score (nSPS) is 10.9. The summed E-state index contributed by atoms with van der Waals surface area (Å²) in [5, 5.41) is 3.36. The van der Waals surface area contributed by atoms with Gasteiger partial charge in [-0.25, -0.2) is 0 Å². The minimum Gasteiger partial charge on any atom is -0.495 e. The number of hydrogen-bond donors (Lipinski definition) is 2. The van der Waals surface area contributed by atoms with Crippen LogP contribution in [0.25, 0.3) is 0 Å². The summed E-state index contributed by atoms with van der Waals surface area (Å²) in [5.74, 6) is 0.715. The number of nitrogens with zero attached hydrogens (tertiary/aromatic N) is 1. The zero-order valence-corrected chi connectivity index (χ0v) is 11.2. The Balaban J connectivity index is 2.47. The van der Waals surface area contributed by atoms with Crippen molar-refractivity contribution >= 4 is 11.4 Å². The zero-order chi connectivity index (χ0) is 12.8. The van der Waals surface area contributed by atoms with E-state index in [1.54, 1.807) is 7.11 Å². The lowest BCUT2D eigenvalue weighted by molar-refractivity contribution is 0.284. The molecule has 0 amide bonds. The monoisotopic (exact) mass is 237 g/mol. The predicted molar refractivity (Wildman–Crippen MR) is 73.7 cm³/mol. The minimum absolute atomic E-state index is 0.567. The van der Waals surface area contributed by atoms with Gasteiger partial charge in [-0.1, -0.05) is 0 Å². The maximum Gasteiger partial charge on any atom is 0.143 e. The molecule has 0 aromatic heterocycles. The molecule has 0 spiro atoms. The summed E-state index contributed by atoms with van der Waals surface area (Å²) in [5.41, 5.74) is 7.46. The summed E-state index contributed by atoms with van der Waals surface area (Å²) in [4.78, 5) is 2.29. The topological polar surface area (TPSA) is 50.5 Å². The van der Waals surface area contributed by atoms with E-state index in [-0.39, 0.29) is 0 Å². The number of rotatable bonds is 6. The van der Waals surface area contributed by atoms with E-state index in [2.05, 4.69) is 31.1 Å². The maximum atomic E-state index is 5.76. The van der Waals surface area contributed by atoms with Crippen LogP contribution >= 0.6 is 0 Å². The third-order valence-corrected chi connectivity index (χ3v) is 2.91. The standard InChI is InChI=1S/C13H23N3O/c1-10(2)16(3)8-7-15-11-5-6-12(14)13(9-11)17-4/h5-6,9-10,15H,7-8,14H2,1-4H3. The van der Waals surface area contributed by atoms with Gasteiger partial charge in [0.2, 0.25) is 0 Å². The summed E-state index contributed by atoms with van der Waals surface area (Å²) < 4.78 is 5.18. The highest BCUT2D eigenvalue weighted by molar-refractivity contribution is 5.61. The first kappa shape index (κ1) is 13.6. The van der Waals surface area contributed by atoms with Crippen LogP contribution in [0.5, 0.6) is 5.75 Å². The second-order valence-corrected chi connectivity index (χ2v) is 4.46. The van der Waals surface area contributed by atoms with Crippen molar-refractivity contribution in [1.29, 1.82) is 0 Å². The molecule has 1 rings (SSSR count). The number of ether oxygens (including phenoxy) is 1. The van der Waals surface area contributed by atoms with Crippen LogP contribution in [0.15, 0.2) is 18.2 Å². The quantitative estimate of drug-likeness (QED) is 0.743. The number of nitrogens with one attached hydrogen (secondary N) is 1. The molecule has 17 heavy (non-hydrogen) atoms. The van der Waals surface area contributed by atoms with Crippen molar-refractivity contribution in [3.05, 3.63) is 18.2 Å². The molecule has 0 saturated carbocycles. The molecule has 0 aliphatic rings. The van der Waals surface area contributed by atoms with E-state index >= 15 is 0 Å². The molecular weight excluding hydrogens is 214 g/mol. The summed E-state index contributed by atoms with van der Waals surface area (Å²) in [6, 6.07) is 6.31. The van der Waals surface area contributed by atoms with Gasteiger partial charge < -0.3 is 20.7 Å². The second-order valence-electron chi connectivity index (χ2n) is 4.46. The van der Waals surface area contributed by atoms with E-state index in [1.165, 1.54) is 0 Å². The van der Waals surface area contributed by atoms with E-state index in [0.29, 0.717) is 17.5 Å². The lowest BCUT2D eigenvalue weighted by atomic mass is 10.2. The third-order valence-electron chi connectivity index (χ3n) is 2.91. The van der Waals surface area contributed by atoms with Crippen LogP contribution in [0.4, 0.5) is 11.4 Å². The minimum atomic E-state index is 0.567. The molecule has 0 unspecified atom stereocenters. The van der Waals surface area contributed by atoms with Gasteiger partial charge in [-0.15, -0.1) is 0 Å². The summed E-state index contributed by atoms with van der Waals surface area (Å²) in [6.45, 7) is 6.28. The number of anilines is 2. The number of hydrogen-bond acceptors (Lipinski definition) is 4. The molecule has 0 atom stereocenters. The third kappa shape index (κ3) is 4.15. The van der Waals surface area contributed by atoms with Gasteiger partial charge in [0.15, 0.2) is 0 Å². The fourth-order valence-corrected chi connectivity index (χ4v) is 1.46. The smallest absolute Gasteiger partial charge is 0.143 e. The molecule has 3 N–H and O–H groups in total. The molecule has 0 saturated heterocycles. The first-order valence-corrected chi connectivity index (χ1v) is 5.92. The first-order valence-electron chi connectivity index (χ1n) is 5.92. The van der Waals surface area contributed by atoms with Gasteiger partial charge in [-0.2, -0.15) is 0 Å². The van der Waals surface area contributed by atoms with Crippen molar-refractivity contribution in [2.75, 3.05) is 38.3 Å². The van der Waals surface area contributed by atoms with Crippen LogP contribution in [0.3, 0.4) is 0 Å². The molecule has 0 fully saturated rings. The van der Waals surface area contributed by atoms with Crippen molar-refractivity contribution in [2.24, 2.45) is 0 Å². The van der Waals surface area contributed by atoms with Crippen LogP contribution in [-0.4, -0.2) is 38.2 Å². The predicted octanol–water partition coefficient (Wildman–Crippen LogP) is 2.03. The Hall–Kier alpha value is -1.42. The molecule has 1 aromatic carbocycles. The molecule has 0 heterocycles. The SMILES string of the molecule is COc1cc(NCCN(C)C(C)C)ccc1N. The Labute approximate surface area is 104 Å². The fourth-order valence-electron chi connectivity index (χ4n) is 1.46. The molecule has 96 valence electrons. The number of likely N-dealkylation sites (N-methyl/N-ethyl adjacent to an activating group) is 1. The zero-order valence-electron chi connectivity index (χ0n) is 11.2. The average molecular weight is 237 g/mol. The molecule has 4 nitrogen and oxygen atoms in total. The Bertz CT molecular complexity index is 353. The van der Waals surface area contributed by atoms with Crippen LogP contribution < -0.4 is 15.8 Å². The van der Waals surface area contributed by atoms with E-state index in [1.807, 2.05) is 18.2 Å². The maximum absolute atomic E-state index is 5.76. The van der Waals surface area contributed by atoms with Crippen molar-refractivity contribution < 1.29 is 4.74 Å². The van der Waals surface area contributed by atoms with Crippen molar-refractivity contribution in [1.82, 2.24) is 4.90 Å². The van der Waals surface area contributed by atoms with Crippen LogP contribution in [-0.2, 0) is 0 Å². The molecule has 0 bridgehead atoms. The van der Waals surface area contributed by atoms with Gasteiger partial charge >= 0.3 is 0 Å². The van der Waals surface area contributed by atoms with E-state index in [4.69, 9.17) is 10.5 Å². The number of nitrogens with two attached hydrogens (primary N) is 1. The highest BCUT2D eigenvalue weighted by atomic mass is 16.5. The van der Waals surface area contributed by atoms with Gasteiger partial charge in [-0.3, -0.25) is 0 Å². The van der Waals surface area contributed by atoms with Crippen LogP contribution in [0, 0.1) is 0 Å². The summed E-state index contributed by atoms with van der Waals surface area (Å²) in [6.07, 6.45) is 0. The van der Waals surface area contributed by atoms with Gasteiger partial charge in [0.05, 0.1) is 12.8 Å². The van der Waals surface area contributed by atoms with Gasteiger partial charge in [0, 0.05) is 30.9 Å². The Morgan fingerprint density at radius 2 is 2.12 bits per heavy atom. The van der Waals surface area contributed by atoms with Crippen molar-refractivity contribution in [2.45, 2.75) is 19.9 Å². The Morgan fingerprint density at radius 1 is 1.41 bits per heavy atom. The molecular formula is C13H23N3O. The molecule has 0 aliphatic heterocycles. The van der Waals surface area contributed by atoms with Crippen LogP contribution in [0.2, 0.25) is 0 Å². The van der Waals surface area contributed by atoms with Gasteiger partial charge in [0.25, 0.3) is 0 Å². The molecule has 1 aromatic rings. The number of benzene rings is 1. The lowest BCUT2D eigenvalue weighted by Crippen LogP contribution is -2.31. The van der Waals surface area contributed by atoms with Gasteiger partial charge in [-0.05, 0) is 33.0 Å². The second kappa shape index (κ2) is 6.35. The highest BCUT2D eigenvalue weighted by Crippen LogP contribution is 2.24. The van der Waals surface area contributed by atoms with E-state index in [0.717, 1.165) is 18.8 Å². The largest absolute Gasteiger partial charge is 0.495 e. The van der Waals surface area contributed by atoms with E-state index in [9.17, 15) is 0 Å². The van der Waals surface area contributed by atoms with Crippen molar-refractivity contribution in [3.8, 4) is 5.75 Å². The first-order chi connectivity index (χ1) is 8.04. The molecule has 0 radical (unpaired) electrons. The molecule has 4 heteroatoms. The summed E-state index contributed by atoms with van der Waals surface area (Å²) in [7, 11) is 3.75. The lowest BCUT2D eigenvalue weighted by Gasteiger charge is -2.21. The Kier molecular flexibility index (Phi) is 5.10. The van der Waals surface area contributed by atoms with Crippen molar-refractivity contribution in [3.63, 3.8) is 0 Å². The Morgan fingerprint density at radius 3 is 2.71 bits per heavy atom. The van der Waals surface area contributed by atoms with Crippen LogP contribution in [0.1, 0.15) is 13.8 Å². The number of methoxy groups -OCH3 is 1. The fraction of sp³-hybridized carbons (Fsp3) is 0.538. The highest BCUT2D eigenvalue weighted by Gasteiger charge is 2.03.